The highest BCUT2D eigenvalue weighted by Crippen LogP contribution is 2.03. The van der Waals surface area contributed by atoms with Crippen LogP contribution in [0.4, 0.5) is 0 Å². The normalized spacial score (nSPS) is 12.5. The molecule has 76 valence electrons. The van der Waals surface area contributed by atoms with Crippen LogP contribution in [0.1, 0.15) is 45.4 Å². The third kappa shape index (κ3) is 6.46. The Morgan fingerprint density at radius 1 is 1.46 bits per heavy atom. The first kappa shape index (κ1) is 12.3. The van der Waals surface area contributed by atoms with Gasteiger partial charge >= 0.3 is 0 Å². The molecule has 0 aromatic carbocycles. The van der Waals surface area contributed by atoms with Gasteiger partial charge in [0.1, 0.15) is 12.1 Å². The maximum absolute atomic E-state index is 11.3. The summed E-state index contributed by atoms with van der Waals surface area (Å²) in [5, 5.41) is 0. The summed E-state index contributed by atoms with van der Waals surface area (Å²) in [5.74, 6) is 0.132. The SMILES string of the molecule is CCCCC(=O)C(N)CCCC=O. The van der Waals surface area contributed by atoms with E-state index in [1.54, 1.807) is 0 Å². The average molecular weight is 185 g/mol. The van der Waals surface area contributed by atoms with Crippen LogP contribution in [0.5, 0.6) is 0 Å². The van der Waals surface area contributed by atoms with E-state index < -0.39 is 0 Å². The minimum atomic E-state index is -0.355. The Balaban J connectivity index is 3.50. The van der Waals surface area contributed by atoms with Crippen LogP contribution in [0.15, 0.2) is 0 Å². The van der Waals surface area contributed by atoms with Gasteiger partial charge in [-0.2, -0.15) is 0 Å². The fraction of sp³-hybridized carbons (Fsp3) is 0.800. The first-order valence-corrected chi connectivity index (χ1v) is 4.94. The lowest BCUT2D eigenvalue weighted by atomic mass is 10.0. The Hall–Kier alpha value is -0.700. The summed E-state index contributed by atoms with van der Waals surface area (Å²) >= 11 is 0. The van der Waals surface area contributed by atoms with Gasteiger partial charge in [-0.05, 0) is 19.3 Å². The van der Waals surface area contributed by atoms with Crippen LogP contribution in [0.25, 0.3) is 0 Å². The van der Waals surface area contributed by atoms with Gasteiger partial charge in [-0.3, -0.25) is 4.79 Å². The average Bonchev–Trinajstić information content (AvgIpc) is 2.14. The third-order valence-electron chi connectivity index (χ3n) is 2.03. The molecule has 0 aromatic rings. The van der Waals surface area contributed by atoms with E-state index in [1.807, 2.05) is 6.92 Å². The van der Waals surface area contributed by atoms with Crippen molar-refractivity contribution in [3.8, 4) is 0 Å². The Morgan fingerprint density at radius 2 is 2.15 bits per heavy atom. The van der Waals surface area contributed by atoms with Crippen LogP contribution in [-0.4, -0.2) is 18.1 Å². The smallest absolute Gasteiger partial charge is 0.149 e. The largest absolute Gasteiger partial charge is 0.322 e. The zero-order valence-electron chi connectivity index (χ0n) is 8.29. The van der Waals surface area contributed by atoms with Gasteiger partial charge in [-0.15, -0.1) is 0 Å². The summed E-state index contributed by atoms with van der Waals surface area (Å²) in [7, 11) is 0. The molecule has 0 fully saturated rings. The number of hydrogen-bond acceptors (Lipinski definition) is 3. The fourth-order valence-corrected chi connectivity index (χ4v) is 1.12. The molecule has 0 rings (SSSR count). The first-order chi connectivity index (χ1) is 6.22. The van der Waals surface area contributed by atoms with Crippen LogP contribution in [0.2, 0.25) is 0 Å². The van der Waals surface area contributed by atoms with E-state index in [2.05, 4.69) is 0 Å². The highest BCUT2D eigenvalue weighted by molar-refractivity contribution is 5.83. The molecule has 0 amide bonds. The third-order valence-corrected chi connectivity index (χ3v) is 2.03. The molecule has 0 heterocycles. The van der Waals surface area contributed by atoms with Gasteiger partial charge in [-0.25, -0.2) is 0 Å². The van der Waals surface area contributed by atoms with E-state index in [0.717, 1.165) is 25.5 Å². The lowest BCUT2D eigenvalue weighted by Gasteiger charge is -2.08. The van der Waals surface area contributed by atoms with Crippen molar-refractivity contribution in [2.45, 2.75) is 51.5 Å². The van der Waals surface area contributed by atoms with Gasteiger partial charge < -0.3 is 10.5 Å². The Kier molecular flexibility index (Phi) is 7.50. The zero-order chi connectivity index (χ0) is 10.1. The van der Waals surface area contributed by atoms with Gasteiger partial charge in [0.05, 0.1) is 6.04 Å². The standard InChI is InChI=1S/C10H19NO2/c1-2-3-7-10(13)9(11)6-4-5-8-12/h8-9H,2-7,11H2,1H3. The van der Waals surface area contributed by atoms with E-state index in [-0.39, 0.29) is 11.8 Å². The molecule has 0 aliphatic carbocycles. The second kappa shape index (κ2) is 7.92. The van der Waals surface area contributed by atoms with E-state index in [0.29, 0.717) is 19.3 Å². The lowest BCUT2D eigenvalue weighted by Crippen LogP contribution is -2.30. The van der Waals surface area contributed by atoms with Crippen molar-refractivity contribution < 1.29 is 9.59 Å². The van der Waals surface area contributed by atoms with Gasteiger partial charge in [0.25, 0.3) is 0 Å². The molecule has 3 heteroatoms. The molecule has 0 saturated carbocycles. The van der Waals surface area contributed by atoms with Crippen molar-refractivity contribution in [3.05, 3.63) is 0 Å². The quantitative estimate of drug-likeness (QED) is 0.460. The molecule has 0 bridgehead atoms. The highest BCUT2D eigenvalue weighted by atomic mass is 16.1. The first-order valence-electron chi connectivity index (χ1n) is 4.94. The topological polar surface area (TPSA) is 60.2 Å². The summed E-state index contributed by atoms with van der Waals surface area (Å²) in [4.78, 5) is 21.3. The number of rotatable bonds is 8. The van der Waals surface area contributed by atoms with Crippen LogP contribution in [0.3, 0.4) is 0 Å². The van der Waals surface area contributed by atoms with Crippen LogP contribution >= 0.6 is 0 Å². The molecule has 1 unspecified atom stereocenters. The molecular formula is C10H19NO2. The zero-order valence-corrected chi connectivity index (χ0v) is 8.29. The molecule has 0 radical (unpaired) electrons. The van der Waals surface area contributed by atoms with E-state index in [9.17, 15) is 9.59 Å². The maximum Gasteiger partial charge on any atom is 0.149 e. The van der Waals surface area contributed by atoms with Gasteiger partial charge in [0, 0.05) is 12.8 Å². The Morgan fingerprint density at radius 3 is 2.69 bits per heavy atom. The summed E-state index contributed by atoms with van der Waals surface area (Å²) < 4.78 is 0. The summed E-state index contributed by atoms with van der Waals surface area (Å²) in [6.45, 7) is 2.05. The Bertz CT molecular complexity index is 157. The van der Waals surface area contributed by atoms with E-state index >= 15 is 0 Å². The molecule has 3 nitrogen and oxygen atoms in total. The molecule has 1 atom stereocenters. The molecule has 0 spiro atoms. The highest BCUT2D eigenvalue weighted by Gasteiger charge is 2.11. The molecule has 2 N–H and O–H groups in total. The molecule has 0 saturated heterocycles. The minimum absolute atomic E-state index is 0.132. The summed E-state index contributed by atoms with van der Waals surface area (Å²) in [5.41, 5.74) is 5.63. The van der Waals surface area contributed by atoms with Crippen molar-refractivity contribution in [2.75, 3.05) is 0 Å². The number of ketones is 1. The van der Waals surface area contributed by atoms with Crippen molar-refractivity contribution in [1.29, 1.82) is 0 Å². The maximum atomic E-state index is 11.3. The molecule has 0 aliphatic rings. The monoisotopic (exact) mass is 185 g/mol. The van der Waals surface area contributed by atoms with Crippen LogP contribution in [0, 0.1) is 0 Å². The predicted molar refractivity (Wildman–Crippen MR) is 52.4 cm³/mol. The van der Waals surface area contributed by atoms with Crippen LogP contribution < -0.4 is 5.73 Å². The second-order valence-electron chi connectivity index (χ2n) is 3.27. The van der Waals surface area contributed by atoms with E-state index in [4.69, 9.17) is 5.73 Å². The summed E-state index contributed by atoms with van der Waals surface area (Å²) in [6.07, 6.45) is 5.26. The van der Waals surface area contributed by atoms with Crippen LogP contribution in [-0.2, 0) is 9.59 Å². The van der Waals surface area contributed by atoms with Crippen molar-refractivity contribution in [2.24, 2.45) is 5.73 Å². The molecule has 0 aromatic heterocycles. The fourth-order valence-electron chi connectivity index (χ4n) is 1.12. The Labute approximate surface area is 79.7 Å². The predicted octanol–water partition coefficient (Wildman–Crippen LogP) is 1.44. The van der Waals surface area contributed by atoms with Crippen molar-refractivity contribution >= 4 is 12.1 Å². The number of carbonyl (C=O) groups is 2. The molecule has 13 heavy (non-hydrogen) atoms. The van der Waals surface area contributed by atoms with Gasteiger partial charge in [0.15, 0.2) is 0 Å². The number of nitrogens with two attached hydrogens (primary N) is 1. The molecular weight excluding hydrogens is 166 g/mol. The number of unbranched alkanes of at least 4 members (excludes halogenated alkanes) is 2. The van der Waals surface area contributed by atoms with Gasteiger partial charge in [0.2, 0.25) is 0 Å². The van der Waals surface area contributed by atoms with E-state index in [1.165, 1.54) is 0 Å². The number of Topliss-reactive ketones (excluding diaryl/α,β-unsaturated/α-hetero) is 1. The lowest BCUT2D eigenvalue weighted by molar-refractivity contribution is -0.120. The number of carbonyl (C=O) groups excluding carboxylic acids is 2. The van der Waals surface area contributed by atoms with Crippen molar-refractivity contribution in [3.63, 3.8) is 0 Å². The van der Waals surface area contributed by atoms with Gasteiger partial charge in [-0.1, -0.05) is 13.3 Å². The number of hydrogen-bond donors (Lipinski definition) is 1. The summed E-state index contributed by atoms with van der Waals surface area (Å²) in [6, 6.07) is -0.355. The minimum Gasteiger partial charge on any atom is -0.322 e. The second-order valence-corrected chi connectivity index (χ2v) is 3.27. The molecule has 0 aliphatic heterocycles. The number of aldehydes is 1. The van der Waals surface area contributed by atoms with Crippen molar-refractivity contribution in [1.82, 2.24) is 0 Å².